The van der Waals surface area contributed by atoms with E-state index >= 15 is 0 Å². The van der Waals surface area contributed by atoms with Gasteiger partial charge in [-0.3, -0.25) is 19.2 Å². The molecule has 1 aliphatic rings. The van der Waals surface area contributed by atoms with Crippen LogP contribution < -0.4 is 10.6 Å². The van der Waals surface area contributed by atoms with Gasteiger partial charge >= 0.3 is 11.9 Å². The number of nitrogens with one attached hydrogen (secondary N) is 2. The van der Waals surface area contributed by atoms with Crippen molar-refractivity contribution in [2.45, 2.75) is 24.9 Å². The molecule has 2 atom stereocenters. The van der Waals surface area contributed by atoms with Crippen molar-refractivity contribution in [1.29, 1.82) is 0 Å². The van der Waals surface area contributed by atoms with Crippen LogP contribution in [0.1, 0.15) is 12.8 Å². The van der Waals surface area contributed by atoms with Crippen LogP contribution in [0, 0.1) is 0 Å². The van der Waals surface area contributed by atoms with Gasteiger partial charge in [-0.2, -0.15) is 11.8 Å². The Labute approximate surface area is 162 Å². The number of carbonyl (C=O) groups excluding carboxylic acids is 3. The summed E-state index contributed by atoms with van der Waals surface area (Å²) in [5.41, 5.74) is 0. The third-order valence-electron chi connectivity index (χ3n) is 3.15. The minimum Gasteiger partial charge on any atom is -0.481 e. The van der Waals surface area contributed by atoms with Crippen LogP contribution in [0.25, 0.3) is 0 Å². The zero-order valence-corrected chi connectivity index (χ0v) is 16.2. The summed E-state index contributed by atoms with van der Waals surface area (Å²) in [7, 11) is 0. The molecule has 26 heavy (non-hydrogen) atoms. The molecule has 12 heteroatoms. The quantitative estimate of drug-likeness (QED) is 0.306. The average Bonchev–Trinajstić information content (AvgIpc) is 2.94. The van der Waals surface area contributed by atoms with E-state index in [4.69, 9.17) is 10.2 Å². The van der Waals surface area contributed by atoms with Crippen molar-refractivity contribution >= 4 is 64.2 Å². The predicted octanol–water partition coefficient (Wildman–Crippen LogP) is -0.355. The monoisotopic (exact) mass is 424 g/mol. The van der Waals surface area contributed by atoms with Crippen LogP contribution in [0.2, 0.25) is 0 Å². The SMILES string of the molecule is O=C(O)CSCC(=O)NC(CCSCC(=O)NC1CCSC1=O)C(=O)O. The summed E-state index contributed by atoms with van der Waals surface area (Å²) < 4.78 is 0. The van der Waals surface area contributed by atoms with Crippen LogP contribution in [0.5, 0.6) is 0 Å². The number of hydrogen-bond acceptors (Lipinski definition) is 8. The summed E-state index contributed by atoms with van der Waals surface area (Å²) in [5.74, 6) is -2.33. The second kappa shape index (κ2) is 12.1. The molecule has 1 rings (SSSR count). The van der Waals surface area contributed by atoms with Crippen molar-refractivity contribution in [3.05, 3.63) is 0 Å². The fourth-order valence-electron chi connectivity index (χ4n) is 1.95. The molecule has 146 valence electrons. The van der Waals surface area contributed by atoms with E-state index in [0.717, 1.165) is 11.8 Å². The largest absolute Gasteiger partial charge is 0.481 e. The lowest BCUT2D eigenvalue weighted by molar-refractivity contribution is -0.141. The van der Waals surface area contributed by atoms with E-state index in [1.165, 1.54) is 23.5 Å². The maximum atomic E-state index is 11.7. The maximum absolute atomic E-state index is 11.7. The smallest absolute Gasteiger partial charge is 0.326 e. The molecule has 2 amide bonds. The van der Waals surface area contributed by atoms with Crippen molar-refractivity contribution in [2.75, 3.05) is 28.8 Å². The van der Waals surface area contributed by atoms with Crippen molar-refractivity contribution in [2.24, 2.45) is 0 Å². The van der Waals surface area contributed by atoms with E-state index in [0.29, 0.717) is 17.9 Å². The van der Waals surface area contributed by atoms with E-state index in [9.17, 15) is 24.0 Å². The highest BCUT2D eigenvalue weighted by molar-refractivity contribution is 8.14. The van der Waals surface area contributed by atoms with E-state index in [-0.39, 0.29) is 34.7 Å². The molecular weight excluding hydrogens is 404 g/mol. The Balaban J connectivity index is 2.23. The fourth-order valence-corrected chi connectivity index (χ4v) is 4.25. The second-order valence-corrected chi connectivity index (χ2v) is 8.45. The van der Waals surface area contributed by atoms with E-state index < -0.39 is 29.9 Å². The zero-order chi connectivity index (χ0) is 19.5. The first-order valence-electron chi connectivity index (χ1n) is 7.65. The first-order valence-corrected chi connectivity index (χ1v) is 10.9. The summed E-state index contributed by atoms with van der Waals surface area (Å²) in [6.45, 7) is 0. The van der Waals surface area contributed by atoms with Crippen molar-refractivity contribution < 1.29 is 34.2 Å². The third-order valence-corrected chi connectivity index (χ3v) is 6.06. The van der Waals surface area contributed by atoms with Crippen LogP contribution in [0.15, 0.2) is 0 Å². The molecule has 1 heterocycles. The van der Waals surface area contributed by atoms with Gasteiger partial charge in [0.1, 0.15) is 6.04 Å². The second-order valence-electron chi connectivity index (χ2n) is 5.26. The summed E-state index contributed by atoms with van der Waals surface area (Å²) in [4.78, 5) is 56.3. The number of carboxylic acids is 2. The lowest BCUT2D eigenvalue weighted by Gasteiger charge is -2.14. The van der Waals surface area contributed by atoms with Crippen LogP contribution >= 0.6 is 35.3 Å². The Morgan fingerprint density at radius 2 is 1.81 bits per heavy atom. The molecule has 1 aliphatic heterocycles. The predicted molar refractivity (Wildman–Crippen MR) is 100 cm³/mol. The number of carboxylic acid groups (broad SMARTS) is 2. The lowest BCUT2D eigenvalue weighted by atomic mass is 10.2. The Morgan fingerprint density at radius 1 is 1.12 bits per heavy atom. The van der Waals surface area contributed by atoms with Gasteiger partial charge in [0.25, 0.3) is 0 Å². The van der Waals surface area contributed by atoms with Gasteiger partial charge in [-0.25, -0.2) is 4.79 Å². The first kappa shape index (κ1) is 22.6. The number of hydrogen-bond donors (Lipinski definition) is 4. The molecule has 0 radical (unpaired) electrons. The molecule has 1 saturated heterocycles. The molecule has 0 aromatic heterocycles. The number of amides is 2. The maximum Gasteiger partial charge on any atom is 0.326 e. The van der Waals surface area contributed by atoms with Gasteiger partial charge in [-0.1, -0.05) is 11.8 Å². The zero-order valence-electron chi connectivity index (χ0n) is 13.8. The number of thioether (sulfide) groups is 3. The van der Waals surface area contributed by atoms with E-state index in [2.05, 4.69) is 10.6 Å². The fraction of sp³-hybridized carbons (Fsp3) is 0.643. The highest BCUT2D eigenvalue weighted by Gasteiger charge is 2.26. The molecule has 0 saturated carbocycles. The van der Waals surface area contributed by atoms with Crippen LogP contribution in [0.3, 0.4) is 0 Å². The summed E-state index contributed by atoms with van der Waals surface area (Å²) in [6, 6.07) is -1.54. The Hall–Kier alpha value is -1.40. The van der Waals surface area contributed by atoms with Gasteiger partial charge in [0.05, 0.1) is 23.3 Å². The van der Waals surface area contributed by atoms with Crippen LogP contribution in [-0.2, 0) is 24.0 Å². The lowest BCUT2D eigenvalue weighted by Crippen LogP contribution is -2.42. The average molecular weight is 425 g/mol. The highest BCUT2D eigenvalue weighted by Crippen LogP contribution is 2.19. The Kier molecular flexibility index (Phi) is 10.5. The molecule has 0 spiro atoms. The summed E-state index contributed by atoms with van der Waals surface area (Å²) in [5, 5.41) is 22.5. The van der Waals surface area contributed by atoms with E-state index in [1.807, 2.05) is 0 Å². The molecule has 0 bridgehead atoms. The first-order chi connectivity index (χ1) is 12.3. The standard InChI is InChI=1S/C14H20N2O7S3/c17-10(16-9-2-4-26-14(9)23)5-24-3-1-8(13(21)22)15-11(18)6-25-7-12(19)20/h8-9H,1-7H2,(H,15,18)(H,16,17)(H,19,20)(H,21,22). The van der Waals surface area contributed by atoms with Crippen LogP contribution in [-0.4, -0.2) is 79.9 Å². The van der Waals surface area contributed by atoms with E-state index in [1.54, 1.807) is 0 Å². The number of rotatable bonds is 12. The molecule has 0 aliphatic carbocycles. The normalized spacial score (nSPS) is 17.5. The van der Waals surface area contributed by atoms with Crippen molar-refractivity contribution in [3.63, 3.8) is 0 Å². The molecule has 0 aromatic rings. The van der Waals surface area contributed by atoms with Crippen LogP contribution in [0.4, 0.5) is 0 Å². The number of aliphatic carboxylic acids is 2. The van der Waals surface area contributed by atoms with Gasteiger partial charge in [0.2, 0.25) is 16.9 Å². The van der Waals surface area contributed by atoms with Gasteiger partial charge < -0.3 is 20.8 Å². The minimum absolute atomic E-state index is 0.0437. The van der Waals surface area contributed by atoms with Gasteiger partial charge in [-0.15, -0.1) is 11.8 Å². The molecule has 9 nitrogen and oxygen atoms in total. The third kappa shape index (κ3) is 9.34. The molecule has 0 aromatic carbocycles. The molecule has 4 N–H and O–H groups in total. The summed E-state index contributed by atoms with van der Waals surface area (Å²) >= 11 is 3.29. The topological polar surface area (TPSA) is 150 Å². The Bertz CT molecular complexity index is 559. The van der Waals surface area contributed by atoms with Crippen molar-refractivity contribution in [3.8, 4) is 0 Å². The van der Waals surface area contributed by atoms with Crippen molar-refractivity contribution in [1.82, 2.24) is 10.6 Å². The molecular formula is C14H20N2O7S3. The molecule has 2 unspecified atom stereocenters. The highest BCUT2D eigenvalue weighted by atomic mass is 32.2. The molecule has 1 fully saturated rings. The minimum atomic E-state index is -1.19. The summed E-state index contributed by atoms with van der Waals surface area (Å²) in [6.07, 6.45) is 0.744. The van der Waals surface area contributed by atoms with Gasteiger partial charge in [-0.05, 0) is 18.6 Å². The van der Waals surface area contributed by atoms with Gasteiger partial charge in [0.15, 0.2) is 0 Å². The van der Waals surface area contributed by atoms with Gasteiger partial charge in [0, 0.05) is 5.75 Å². The number of carbonyl (C=O) groups is 5. The Morgan fingerprint density at radius 3 is 2.38 bits per heavy atom.